The van der Waals surface area contributed by atoms with Gasteiger partial charge in [0, 0.05) is 17.5 Å². The Balaban J connectivity index is 2.06. The summed E-state index contributed by atoms with van der Waals surface area (Å²) in [7, 11) is 0. The lowest BCUT2D eigenvalue weighted by Crippen LogP contribution is -2.28. The highest BCUT2D eigenvalue weighted by Gasteiger charge is 2.07. The van der Waals surface area contributed by atoms with E-state index < -0.39 is 0 Å². The van der Waals surface area contributed by atoms with E-state index in [9.17, 15) is 4.79 Å². The van der Waals surface area contributed by atoms with Crippen molar-refractivity contribution in [3.05, 3.63) is 47.9 Å². The first-order chi connectivity index (χ1) is 9.72. The first-order valence-corrected chi connectivity index (χ1v) is 6.72. The van der Waals surface area contributed by atoms with E-state index in [-0.39, 0.29) is 6.03 Å². The van der Waals surface area contributed by atoms with Crippen LogP contribution in [0.5, 0.6) is 0 Å². The molecule has 2 amide bonds. The Morgan fingerprint density at radius 1 is 1.45 bits per heavy atom. The third kappa shape index (κ3) is 3.43. The van der Waals surface area contributed by atoms with Crippen LogP contribution in [0, 0.1) is 11.3 Å². The molecule has 1 aromatic heterocycles. The minimum Gasteiger partial charge on any atom is -0.334 e. The number of carbonyl (C=O) groups is 1. The second-order valence-corrected chi connectivity index (χ2v) is 4.71. The molecule has 100 valence electrons. The van der Waals surface area contributed by atoms with Crippen molar-refractivity contribution in [1.29, 1.82) is 5.26 Å². The van der Waals surface area contributed by atoms with Crippen LogP contribution in [-0.2, 0) is 0 Å². The van der Waals surface area contributed by atoms with Crippen LogP contribution >= 0.6 is 11.3 Å². The molecule has 0 aliphatic rings. The number of carbonyl (C=O) groups excluding carboxylic acids is 1. The highest BCUT2D eigenvalue weighted by atomic mass is 32.1. The zero-order chi connectivity index (χ0) is 14.4. The molecule has 5 nitrogen and oxygen atoms in total. The molecule has 0 unspecified atom stereocenters. The van der Waals surface area contributed by atoms with Crippen LogP contribution in [-0.4, -0.2) is 17.6 Å². The fourth-order valence-electron chi connectivity index (χ4n) is 1.49. The Morgan fingerprint density at radius 3 is 2.85 bits per heavy atom. The molecule has 6 heteroatoms. The quantitative estimate of drug-likeness (QED) is 0.847. The van der Waals surface area contributed by atoms with Crippen molar-refractivity contribution in [2.45, 2.75) is 0 Å². The van der Waals surface area contributed by atoms with E-state index in [4.69, 9.17) is 5.26 Å². The van der Waals surface area contributed by atoms with Crippen LogP contribution in [0.1, 0.15) is 5.56 Å². The van der Waals surface area contributed by atoms with E-state index in [1.165, 1.54) is 11.3 Å². The summed E-state index contributed by atoms with van der Waals surface area (Å²) in [6, 6.07) is 8.88. The summed E-state index contributed by atoms with van der Waals surface area (Å²) in [5.41, 5.74) is 2.27. The fourth-order valence-corrected chi connectivity index (χ4v) is 2.20. The number of thiazole rings is 1. The van der Waals surface area contributed by atoms with E-state index in [1.807, 2.05) is 17.5 Å². The highest BCUT2D eigenvalue weighted by molar-refractivity contribution is 7.14. The van der Waals surface area contributed by atoms with E-state index in [2.05, 4.69) is 28.3 Å². The van der Waals surface area contributed by atoms with Gasteiger partial charge in [0.15, 0.2) is 5.13 Å². The monoisotopic (exact) mass is 284 g/mol. The predicted octanol–water partition coefficient (Wildman–Crippen LogP) is 2.99. The summed E-state index contributed by atoms with van der Waals surface area (Å²) in [5.74, 6) is 0. The summed E-state index contributed by atoms with van der Waals surface area (Å²) in [4.78, 5) is 15.8. The zero-order valence-electron chi connectivity index (χ0n) is 10.6. The van der Waals surface area contributed by atoms with Gasteiger partial charge in [-0.25, -0.2) is 9.78 Å². The summed E-state index contributed by atoms with van der Waals surface area (Å²) in [6.07, 6.45) is 1.60. The number of urea groups is 1. The largest absolute Gasteiger partial charge is 0.334 e. The minimum absolute atomic E-state index is 0.314. The van der Waals surface area contributed by atoms with Crippen molar-refractivity contribution in [3.63, 3.8) is 0 Å². The number of aromatic nitrogens is 1. The normalized spacial score (nSPS) is 9.55. The molecule has 0 bridgehead atoms. The third-order valence-electron chi connectivity index (χ3n) is 2.44. The third-order valence-corrected chi connectivity index (χ3v) is 3.20. The molecular formula is C14H12N4OS. The first-order valence-electron chi connectivity index (χ1n) is 5.84. The Hall–Kier alpha value is -2.65. The lowest BCUT2D eigenvalue weighted by molar-refractivity contribution is 0.253. The van der Waals surface area contributed by atoms with Crippen LogP contribution in [0.3, 0.4) is 0 Å². The average molecular weight is 284 g/mol. The second kappa shape index (κ2) is 6.50. The molecule has 0 aliphatic heterocycles. The molecule has 2 aromatic rings. The Bertz CT molecular complexity index is 655. The standard InChI is InChI=1S/C14H12N4OS/c1-2-7-16-13(19)18-14-17-12(9-20-14)11-5-3-10(8-15)4-6-11/h2-6,9H,1,7H2,(H2,16,17,18,19). The van der Waals surface area contributed by atoms with Crippen LogP contribution in [0.15, 0.2) is 42.3 Å². The molecular weight excluding hydrogens is 272 g/mol. The molecule has 0 fully saturated rings. The van der Waals surface area contributed by atoms with Gasteiger partial charge >= 0.3 is 6.03 Å². The van der Waals surface area contributed by atoms with Crippen LogP contribution in [0.2, 0.25) is 0 Å². The van der Waals surface area contributed by atoms with Crippen molar-refractivity contribution in [1.82, 2.24) is 10.3 Å². The smallest absolute Gasteiger partial charge is 0.321 e. The number of amides is 2. The van der Waals surface area contributed by atoms with Gasteiger partial charge in [-0.05, 0) is 12.1 Å². The lowest BCUT2D eigenvalue weighted by atomic mass is 10.1. The second-order valence-electron chi connectivity index (χ2n) is 3.85. The molecule has 0 atom stereocenters. The number of hydrogen-bond acceptors (Lipinski definition) is 4. The van der Waals surface area contributed by atoms with Crippen LogP contribution in [0.25, 0.3) is 11.3 Å². The zero-order valence-corrected chi connectivity index (χ0v) is 11.4. The molecule has 1 heterocycles. The van der Waals surface area contributed by atoms with Gasteiger partial charge in [0.25, 0.3) is 0 Å². The van der Waals surface area contributed by atoms with Crippen molar-refractivity contribution in [2.75, 3.05) is 11.9 Å². The number of nitriles is 1. The van der Waals surface area contributed by atoms with Gasteiger partial charge in [-0.3, -0.25) is 5.32 Å². The number of benzene rings is 1. The van der Waals surface area contributed by atoms with Gasteiger partial charge < -0.3 is 5.32 Å². The SMILES string of the molecule is C=CCNC(=O)Nc1nc(-c2ccc(C#N)cc2)cs1. The number of anilines is 1. The van der Waals surface area contributed by atoms with Crippen molar-refractivity contribution >= 4 is 22.5 Å². The molecule has 0 aliphatic carbocycles. The first kappa shape index (κ1) is 13.8. The Labute approximate surface area is 120 Å². The van der Waals surface area contributed by atoms with E-state index in [0.717, 1.165) is 11.3 Å². The minimum atomic E-state index is -0.314. The van der Waals surface area contributed by atoms with Gasteiger partial charge in [-0.2, -0.15) is 5.26 Å². The summed E-state index contributed by atoms with van der Waals surface area (Å²) in [5, 5.41) is 16.4. The lowest BCUT2D eigenvalue weighted by Gasteiger charge is -2.01. The highest BCUT2D eigenvalue weighted by Crippen LogP contribution is 2.24. The van der Waals surface area contributed by atoms with Crippen molar-refractivity contribution in [2.24, 2.45) is 0 Å². The van der Waals surface area contributed by atoms with Crippen molar-refractivity contribution in [3.8, 4) is 17.3 Å². The van der Waals surface area contributed by atoms with Gasteiger partial charge in [0.2, 0.25) is 0 Å². The predicted molar refractivity (Wildman–Crippen MR) is 79.5 cm³/mol. The maximum absolute atomic E-state index is 11.5. The van der Waals surface area contributed by atoms with Crippen molar-refractivity contribution < 1.29 is 4.79 Å². The van der Waals surface area contributed by atoms with Gasteiger partial charge in [-0.1, -0.05) is 18.2 Å². The summed E-state index contributed by atoms with van der Waals surface area (Å²) >= 11 is 1.34. The maximum atomic E-state index is 11.5. The maximum Gasteiger partial charge on any atom is 0.321 e. The van der Waals surface area contributed by atoms with Crippen LogP contribution in [0.4, 0.5) is 9.93 Å². The number of hydrogen-bond donors (Lipinski definition) is 2. The molecule has 0 spiro atoms. The molecule has 2 N–H and O–H groups in total. The summed E-state index contributed by atoms with van der Waals surface area (Å²) in [6.45, 7) is 3.92. The number of rotatable bonds is 4. The van der Waals surface area contributed by atoms with E-state index >= 15 is 0 Å². The number of nitrogens with zero attached hydrogens (tertiary/aromatic N) is 2. The average Bonchev–Trinajstić information content (AvgIpc) is 2.93. The molecule has 0 saturated carbocycles. The Morgan fingerprint density at radius 2 is 2.20 bits per heavy atom. The van der Waals surface area contributed by atoms with E-state index in [1.54, 1.807) is 18.2 Å². The fraction of sp³-hybridized carbons (Fsp3) is 0.0714. The Kier molecular flexibility index (Phi) is 4.47. The summed E-state index contributed by atoms with van der Waals surface area (Å²) < 4.78 is 0. The molecule has 1 aromatic carbocycles. The van der Waals surface area contributed by atoms with Crippen LogP contribution < -0.4 is 10.6 Å². The topological polar surface area (TPSA) is 77.8 Å². The van der Waals surface area contributed by atoms with Gasteiger partial charge in [0.05, 0.1) is 17.3 Å². The van der Waals surface area contributed by atoms with Gasteiger partial charge in [-0.15, -0.1) is 17.9 Å². The molecule has 2 rings (SSSR count). The van der Waals surface area contributed by atoms with E-state index in [0.29, 0.717) is 17.2 Å². The molecule has 0 radical (unpaired) electrons. The molecule has 0 saturated heterocycles. The molecule has 20 heavy (non-hydrogen) atoms. The van der Waals surface area contributed by atoms with Gasteiger partial charge in [0.1, 0.15) is 0 Å². The number of nitrogens with one attached hydrogen (secondary N) is 2.